The van der Waals surface area contributed by atoms with Crippen molar-refractivity contribution in [3.63, 3.8) is 0 Å². The summed E-state index contributed by atoms with van der Waals surface area (Å²) < 4.78 is 5.05. The van der Waals surface area contributed by atoms with Gasteiger partial charge in [-0.1, -0.05) is 5.16 Å². The maximum absolute atomic E-state index is 11.2. The van der Waals surface area contributed by atoms with Crippen molar-refractivity contribution in [1.82, 2.24) is 20.1 Å². The van der Waals surface area contributed by atoms with Gasteiger partial charge in [0.2, 0.25) is 0 Å². The number of aromatic nitrogens is 4. The topological polar surface area (TPSA) is 102 Å². The third kappa shape index (κ3) is 2.10. The van der Waals surface area contributed by atoms with Crippen LogP contribution in [0.2, 0.25) is 0 Å². The molecule has 7 nitrogen and oxygen atoms in total. The monoisotopic (exact) mass is 288 g/mol. The summed E-state index contributed by atoms with van der Waals surface area (Å²) in [6, 6.07) is 3.07. The summed E-state index contributed by atoms with van der Waals surface area (Å²) in [5, 5.41) is 14.6. The van der Waals surface area contributed by atoms with Crippen LogP contribution < -0.4 is 0 Å². The molecule has 0 saturated carbocycles. The first kappa shape index (κ1) is 12.5. The minimum Gasteiger partial charge on any atom is -0.478 e. The number of carboxylic acid groups (broad SMARTS) is 1. The summed E-state index contributed by atoms with van der Waals surface area (Å²) in [6.45, 7) is 1.77. The molecule has 3 aromatic rings. The van der Waals surface area contributed by atoms with E-state index in [0.717, 1.165) is 11.8 Å². The van der Waals surface area contributed by atoms with Crippen LogP contribution in [0.3, 0.4) is 0 Å². The maximum Gasteiger partial charge on any atom is 0.338 e. The van der Waals surface area contributed by atoms with E-state index >= 15 is 0 Å². The third-order valence-electron chi connectivity index (χ3n) is 2.60. The zero-order valence-corrected chi connectivity index (χ0v) is 11.1. The Labute approximate surface area is 117 Å². The van der Waals surface area contributed by atoms with E-state index in [0.29, 0.717) is 26.8 Å². The zero-order valence-electron chi connectivity index (χ0n) is 10.3. The first-order valence-electron chi connectivity index (χ1n) is 5.60. The molecule has 3 aromatic heterocycles. The van der Waals surface area contributed by atoms with Crippen LogP contribution in [-0.2, 0) is 0 Å². The SMILES string of the molecule is Cc1noc2ncnc(Sc3ncccc3C(=O)O)c12. The van der Waals surface area contributed by atoms with Gasteiger partial charge in [-0.2, -0.15) is 4.98 Å². The van der Waals surface area contributed by atoms with Gasteiger partial charge in [-0.25, -0.2) is 14.8 Å². The number of aromatic carboxylic acids is 1. The Morgan fingerprint density at radius 2 is 2.15 bits per heavy atom. The van der Waals surface area contributed by atoms with Crippen LogP contribution in [0.15, 0.2) is 39.2 Å². The van der Waals surface area contributed by atoms with E-state index in [1.54, 1.807) is 13.0 Å². The standard InChI is InChI=1S/C12H8N4O3S/c1-6-8-9(19-16-6)14-5-15-11(8)20-10-7(12(17)18)3-2-4-13-10/h2-5H,1H3,(H,17,18). The van der Waals surface area contributed by atoms with E-state index in [4.69, 9.17) is 9.63 Å². The molecule has 3 heterocycles. The summed E-state index contributed by atoms with van der Waals surface area (Å²) in [5.74, 6) is -1.03. The van der Waals surface area contributed by atoms with Crippen molar-refractivity contribution < 1.29 is 14.4 Å². The number of nitrogens with zero attached hydrogens (tertiary/aromatic N) is 4. The molecule has 20 heavy (non-hydrogen) atoms. The molecule has 0 aromatic carbocycles. The highest BCUT2D eigenvalue weighted by molar-refractivity contribution is 7.99. The van der Waals surface area contributed by atoms with Crippen molar-refractivity contribution >= 4 is 28.8 Å². The number of rotatable bonds is 3. The predicted molar refractivity (Wildman–Crippen MR) is 69.7 cm³/mol. The molecule has 0 bridgehead atoms. The Kier molecular flexibility index (Phi) is 3.07. The van der Waals surface area contributed by atoms with Gasteiger partial charge < -0.3 is 9.63 Å². The predicted octanol–water partition coefficient (Wildman–Crippen LogP) is 2.17. The zero-order chi connectivity index (χ0) is 14.1. The van der Waals surface area contributed by atoms with Gasteiger partial charge in [0.15, 0.2) is 0 Å². The van der Waals surface area contributed by atoms with Crippen molar-refractivity contribution in [1.29, 1.82) is 0 Å². The molecule has 1 N–H and O–H groups in total. The first-order chi connectivity index (χ1) is 9.66. The average molecular weight is 288 g/mol. The van der Waals surface area contributed by atoms with E-state index in [1.165, 1.54) is 18.6 Å². The third-order valence-corrected chi connectivity index (χ3v) is 3.63. The van der Waals surface area contributed by atoms with Gasteiger partial charge in [0.1, 0.15) is 16.4 Å². The summed E-state index contributed by atoms with van der Waals surface area (Å²) in [5.41, 5.74) is 1.14. The molecule has 3 rings (SSSR count). The molecule has 8 heteroatoms. The average Bonchev–Trinajstić information content (AvgIpc) is 2.82. The van der Waals surface area contributed by atoms with Gasteiger partial charge in [-0.15, -0.1) is 0 Å². The number of hydrogen-bond donors (Lipinski definition) is 1. The van der Waals surface area contributed by atoms with Crippen LogP contribution in [0.25, 0.3) is 11.1 Å². The second-order valence-corrected chi connectivity index (χ2v) is 4.87. The summed E-state index contributed by atoms with van der Waals surface area (Å²) in [7, 11) is 0. The lowest BCUT2D eigenvalue weighted by Crippen LogP contribution is -2.00. The molecule has 0 radical (unpaired) electrons. The van der Waals surface area contributed by atoms with Crippen molar-refractivity contribution in [3.05, 3.63) is 35.9 Å². The van der Waals surface area contributed by atoms with Crippen molar-refractivity contribution in [2.45, 2.75) is 17.0 Å². The van der Waals surface area contributed by atoms with Gasteiger partial charge in [-0.05, 0) is 30.8 Å². The fourth-order valence-electron chi connectivity index (χ4n) is 1.69. The van der Waals surface area contributed by atoms with E-state index in [2.05, 4.69) is 20.1 Å². The van der Waals surface area contributed by atoms with Gasteiger partial charge in [-0.3, -0.25) is 0 Å². The lowest BCUT2D eigenvalue weighted by atomic mass is 10.3. The summed E-state index contributed by atoms with van der Waals surface area (Å²) >= 11 is 1.15. The van der Waals surface area contributed by atoms with Gasteiger partial charge in [0.05, 0.1) is 16.6 Å². The van der Waals surface area contributed by atoms with Crippen molar-refractivity contribution in [3.8, 4) is 0 Å². The second kappa shape index (κ2) is 4.89. The van der Waals surface area contributed by atoms with Crippen LogP contribution in [0.4, 0.5) is 0 Å². The van der Waals surface area contributed by atoms with E-state index in [9.17, 15) is 4.79 Å². The molecule has 0 aliphatic heterocycles. The van der Waals surface area contributed by atoms with E-state index < -0.39 is 5.97 Å². The van der Waals surface area contributed by atoms with Gasteiger partial charge in [0.25, 0.3) is 5.71 Å². The quantitative estimate of drug-likeness (QED) is 0.731. The van der Waals surface area contributed by atoms with Gasteiger partial charge in [0, 0.05) is 6.20 Å². The lowest BCUT2D eigenvalue weighted by Gasteiger charge is -2.04. The summed E-state index contributed by atoms with van der Waals surface area (Å²) in [4.78, 5) is 23.4. The van der Waals surface area contributed by atoms with Crippen molar-refractivity contribution in [2.75, 3.05) is 0 Å². The van der Waals surface area contributed by atoms with E-state index in [1.807, 2.05) is 0 Å². The Bertz CT molecular complexity index is 802. The molecule has 0 fully saturated rings. The Morgan fingerprint density at radius 1 is 1.30 bits per heavy atom. The number of aryl methyl sites for hydroxylation is 1. The number of fused-ring (bicyclic) bond motifs is 1. The molecule has 0 saturated heterocycles. The molecule has 0 unspecified atom stereocenters. The highest BCUT2D eigenvalue weighted by Gasteiger charge is 2.17. The Hall–Kier alpha value is -2.48. The fraction of sp³-hybridized carbons (Fsp3) is 0.0833. The maximum atomic E-state index is 11.2. The normalized spacial score (nSPS) is 10.8. The largest absolute Gasteiger partial charge is 0.478 e. The smallest absolute Gasteiger partial charge is 0.338 e. The molecular weight excluding hydrogens is 280 g/mol. The van der Waals surface area contributed by atoms with Crippen LogP contribution in [-0.4, -0.2) is 31.2 Å². The minimum absolute atomic E-state index is 0.123. The second-order valence-electron chi connectivity index (χ2n) is 3.89. The van der Waals surface area contributed by atoms with E-state index in [-0.39, 0.29) is 5.56 Å². The number of pyridine rings is 1. The van der Waals surface area contributed by atoms with Crippen LogP contribution in [0.5, 0.6) is 0 Å². The minimum atomic E-state index is -1.03. The molecule has 100 valence electrons. The van der Waals surface area contributed by atoms with Crippen LogP contribution in [0, 0.1) is 6.92 Å². The number of carbonyl (C=O) groups is 1. The Morgan fingerprint density at radius 3 is 2.95 bits per heavy atom. The summed E-state index contributed by atoms with van der Waals surface area (Å²) in [6.07, 6.45) is 2.88. The van der Waals surface area contributed by atoms with Crippen LogP contribution in [0.1, 0.15) is 16.1 Å². The Balaban J connectivity index is 2.10. The molecule has 0 amide bonds. The lowest BCUT2D eigenvalue weighted by molar-refractivity contribution is 0.0692. The molecule has 0 atom stereocenters. The molecule has 0 spiro atoms. The molecular formula is C12H8N4O3S. The first-order valence-corrected chi connectivity index (χ1v) is 6.41. The van der Waals surface area contributed by atoms with Crippen molar-refractivity contribution in [2.24, 2.45) is 0 Å². The highest BCUT2D eigenvalue weighted by Crippen LogP contribution is 2.32. The molecule has 0 aliphatic carbocycles. The fourth-order valence-corrected chi connectivity index (χ4v) is 2.69. The highest BCUT2D eigenvalue weighted by atomic mass is 32.2. The van der Waals surface area contributed by atoms with Crippen LogP contribution >= 0.6 is 11.8 Å². The molecule has 0 aliphatic rings. The number of carboxylic acids is 1. The van der Waals surface area contributed by atoms with Gasteiger partial charge >= 0.3 is 5.97 Å². The number of hydrogen-bond acceptors (Lipinski definition) is 7.